The highest BCUT2D eigenvalue weighted by Crippen LogP contribution is 2.28. The molecule has 5 nitrogen and oxygen atoms in total. The summed E-state index contributed by atoms with van der Waals surface area (Å²) in [5.41, 5.74) is 1.92. The Bertz CT molecular complexity index is 1030. The molecule has 114 valence electrons. The molecule has 0 fully saturated rings. The van der Waals surface area contributed by atoms with Crippen molar-refractivity contribution in [3.8, 4) is 6.07 Å². The zero-order chi connectivity index (χ0) is 16.4. The number of para-hydroxylation sites is 1. The molecule has 3 rings (SSSR count). The highest BCUT2D eigenvalue weighted by atomic mass is 32.2. The van der Waals surface area contributed by atoms with Crippen molar-refractivity contribution in [3.63, 3.8) is 0 Å². The molecule has 0 saturated carbocycles. The van der Waals surface area contributed by atoms with Gasteiger partial charge in [-0.3, -0.25) is 4.72 Å². The fourth-order valence-electron chi connectivity index (χ4n) is 2.32. The van der Waals surface area contributed by atoms with Gasteiger partial charge >= 0.3 is 0 Å². The highest BCUT2D eigenvalue weighted by molar-refractivity contribution is 8.01. The van der Waals surface area contributed by atoms with Crippen molar-refractivity contribution in [2.24, 2.45) is 0 Å². The molecule has 2 N–H and O–H groups in total. The van der Waals surface area contributed by atoms with E-state index in [9.17, 15) is 8.42 Å². The molecule has 0 amide bonds. The number of benzene rings is 2. The topological polar surface area (TPSA) is 85.8 Å². The molecule has 0 aliphatic carbocycles. The molecular weight excluding hydrogens is 310 g/mol. The van der Waals surface area contributed by atoms with Crippen LogP contribution in [0.15, 0.2) is 61.3 Å². The van der Waals surface area contributed by atoms with Crippen molar-refractivity contribution in [2.75, 3.05) is 4.72 Å². The van der Waals surface area contributed by atoms with Crippen molar-refractivity contribution in [2.45, 2.75) is 0 Å². The number of sulfonamides is 1. The van der Waals surface area contributed by atoms with Gasteiger partial charge in [0.2, 0.25) is 0 Å². The summed E-state index contributed by atoms with van der Waals surface area (Å²) in [5.74, 6) is 0. The number of fused-ring (bicyclic) bond motifs is 1. The third kappa shape index (κ3) is 2.70. The quantitative estimate of drug-likeness (QED) is 0.771. The predicted octanol–water partition coefficient (Wildman–Crippen LogP) is 3.45. The third-order valence-electron chi connectivity index (χ3n) is 3.50. The number of aromatic amines is 1. The number of nitrogens with one attached hydrogen (secondary N) is 2. The number of aromatic nitrogens is 1. The molecule has 6 heteroatoms. The van der Waals surface area contributed by atoms with E-state index in [-0.39, 0.29) is 4.91 Å². The first-order chi connectivity index (χ1) is 11.0. The summed E-state index contributed by atoms with van der Waals surface area (Å²) in [6.45, 7) is 3.68. The second-order valence-corrected chi connectivity index (χ2v) is 6.64. The Hall–Kier alpha value is -3.04. The van der Waals surface area contributed by atoms with Crippen LogP contribution in [0.1, 0.15) is 11.1 Å². The lowest BCUT2D eigenvalue weighted by molar-refractivity contribution is 0.610. The maximum Gasteiger partial charge on any atom is 0.261 e. The van der Waals surface area contributed by atoms with Gasteiger partial charge in [0.15, 0.2) is 0 Å². The lowest BCUT2D eigenvalue weighted by Gasteiger charge is -2.11. The first kappa shape index (κ1) is 14.9. The van der Waals surface area contributed by atoms with E-state index in [2.05, 4.69) is 22.4 Å². The van der Waals surface area contributed by atoms with Crippen LogP contribution in [0.3, 0.4) is 0 Å². The Balaban J connectivity index is 2.00. The molecule has 0 saturated heterocycles. The SMILES string of the molecule is C=C(c1ccccc1)S(=O)(=O)Nc1cccc2c(C#N)c[nH]c12. The van der Waals surface area contributed by atoms with Gasteiger partial charge in [0, 0.05) is 11.6 Å². The van der Waals surface area contributed by atoms with Gasteiger partial charge in [-0.05, 0) is 11.6 Å². The number of anilines is 1. The molecule has 0 aliphatic rings. The fourth-order valence-corrected chi connectivity index (χ4v) is 3.35. The summed E-state index contributed by atoms with van der Waals surface area (Å²) in [6, 6.07) is 15.8. The summed E-state index contributed by atoms with van der Waals surface area (Å²) in [5, 5.41) is 9.73. The maximum atomic E-state index is 12.5. The Labute approximate surface area is 133 Å². The van der Waals surface area contributed by atoms with Crippen LogP contribution < -0.4 is 4.72 Å². The van der Waals surface area contributed by atoms with E-state index in [1.807, 2.05) is 0 Å². The van der Waals surface area contributed by atoms with Gasteiger partial charge < -0.3 is 4.98 Å². The monoisotopic (exact) mass is 323 g/mol. The van der Waals surface area contributed by atoms with Crippen molar-refractivity contribution in [1.82, 2.24) is 4.98 Å². The first-order valence-electron chi connectivity index (χ1n) is 6.80. The largest absolute Gasteiger partial charge is 0.358 e. The number of nitriles is 1. The number of H-pyrrole nitrogens is 1. The molecule has 23 heavy (non-hydrogen) atoms. The standard InChI is InChI=1S/C17H13N3O2S/c1-12(13-6-3-2-4-7-13)23(21,22)20-16-9-5-8-15-14(10-18)11-19-17(15)16/h2-9,11,19-20H,1H2. The minimum absolute atomic E-state index is 0.0119. The smallest absolute Gasteiger partial charge is 0.261 e. The molecule has 0 spiro atoms. The summed E-state index contributed by atoms with van der Waals surface area (Å²) in [4.78, 5) is 2.92. The molecule has 0 bridgehead atoms. The number of hydrogen-bond acceptors (Lipinski definition) is 3. The average molecular weight is 323 g/mol. The Morgan fingerprint density at radius 3 is 2.57 bits per heavy atom. The van der Waals surface area contributed by atoms with Gasteiger partial charge in [-0.25, -0.2) is 8.42 Å². The van der Waals surface area contributed by atoms with Gasteiger partial charge in [0.1, 0.15) is 6.07 Å². The highest BCUT2D eigenvalue weighted by Gasteiger charge is 2.19. The van der Waals surface area contributed by atoms with Crippen LogP contribution in [0, 0.1) is 11.3 Å². The predicted molar refractivity (Wildman–Crippen MR) is 91.0 cm³/mol. The molecule has 0 aliphatic heterocycles. The average Bonchev–Trinajstić information content (AvgIpc) is 2.99. The Kier molecular flexibility index (Phi) is 3.64. The fraction of sp³-hybridized carbons (Fsp3) is 0. The van der Waals surface area contributed by atoms with Crippen LogP contribution >= 0.6 is 0 Å². The Morgan fingerprint density at radius 2 is 1.87 bits per heavy atom. The molecular formula is C17H13N3O2S. The van der Waals surface area contributed by atoms with Gasteiger partial charge in [0.05, 0.1) is 21.7 Å². The zero-order valence-electron chi connectivity index (χ0n) is 12.1. The van der Waals surface area contributed by atoms with E-state index in [4.69, 9.17) is 5.26 Å². The molecule has 3 aromatic rings. The van der Waals surface area contributed by atoms with Crippen LogP contribution in [-0.2, 0) is 10.0 Å². The van der Waals surface area contributed by atoms with Crippen LogP contribution in [0.5, 0.6) is 0 Å². The van der Waals surface area contributed by atoms with E-state index >= 15 is 0 Å². The number of nitrogens with zero attached hydrogens (tertiary/aromatic N) is 1. The molecule has 1 aromatic heterocycles. The van der Waals surface area contributed by atoms with Gasteiger partial charge in [-0.1, -0.05) is 49.0 Å². The van der Waals surface area contributed by atoms with Gasteiger partial charge in [-0.15, -0.1) is 0 Å². The maximum absolute atomic E-state index is 12.5. The van der Waals surface area contributed by atoms with Crippen LogP contribution in [-0.4, -0.2) is 13.4 Å². The second-order valence-electron chi connectivity index (χ2n) is 4.94. The van der Waals surface area contributed by atoms with Crippen molar-refractivity contribution in [3.05, 3.63) is 72.4 Å². The van der Waals surface area contributed by atoms with E-state index in [0.717, 1.165) is 0 Å². The van der Waals surface area contributed by atoms with Crippen LogP contribution in [0.4, 0.5) is 5.69 Å². The normalized spacial score (nSPS) is 11.1. The van der Waals surface area contributed by atoms with E-state index in [1.54, 1.807) is 54.7 Å². The summed E-state index contributed by atoms with van der Waals surface area (Å²) >= 11 is 0. The van der Waals surface area contributed by atoms with E-state index < -0.39 is 10.0 Å². The van der Waals surface area contributed by atoms with E-state index in [0.29, 0.717) is 27.7 Å². The number of hydrogen-bond donors (Lipinski definition) is 2. The molecule has 2 aromatic carbocycles. The summed E-state index contributed by atoms with van der Waals surface area (Å²) < 4.78 is 27.6. The molecule has 0 atom stereocenters. The minimum atomic E-state index is -3.80. The van der Waals surface area contributed by atoms with Crippen LogP contribution in [0.25, 0.3) is 15.8 Å². The van der Waals surface area contributed by atoms with Crippen LogP contribution in [0.2, 0.25) is 0 Å². The van der Waals surface area contributed by atoms with Gasteiger partial charge in [0.25, 0.3) is 10.0 Å². The molecule has 0 unspecified atom stereocenters. The molecule has 1 heterocycles. The lowest BCUT2D eigenvalue weighted by atomic mass is 10.2. The summed E-state index contributed by atoms with van der Waals surface area (Å²) in [7, 11) is -3.80. The number of rotatable bonds is 4. The lowest BCUT2D eigenvalue weighted by Crippen LogP contribution is -2.14. The first-order valence-corrected chi connectivity index (χ1v) is 8.28. The second kappa shape index (κ2) is 5.63. The summed E-state index contributed by atoms with van der Waals surface area (Å²) in [6.07, 6.45) is 1.55. The van der Waals surface area contributed by atoms with E-state index in [1.165, 1.54) is 0 Å². The van der Waals surface area contributed by atoms with Crippen molar-refractivity contribution >= 4 is 31.5 Å². The minimum Gasteiger partial charge on any atom is -0.358 e. The van der Waals surface area contributed by atoms with Crippen molar-refractivity contribution in [1.29, 1.82) is 5.26 Å². The molecule has 0 radical (unpaired) electrons. The van der Waals surface area contributed by atoms with Gasteiger partial charge in [-0.2, -0.15) is 5.26 Å². The zero-order valence-corrected chi connectivity index (χ0v) is 12.9. The Morgan fingerprint density at radius 1 is 1.13 bits per heavy atom. The third-order valence-corrected chi connectivity index (χ3v) is 4.87. The van der Waals surface area contributed by atoms with Crippen molar-refractivity contribution < 1.29 is 8.42 Å².